The fraction of sp³-hybridized carbons (Fsp3) is 0.692. The Kier molecular flexibility index (Phi) is 48.0. The zero-order valence-corrected chi connectivity index (χ0v) is 48.2. The van der Waals surface area contributed by atoms with Gasteiger partial charge in [0, 0.05) is 19.3 Å². The third kappa shape index (κ3) is 42.3. The SMILES string of the molecule is CC/C=C\C/C=C\C/C=C\CCCCCCCCCC(=O)OCC(COC1OC(C(=O)O)C(O)C(O)C1OC(=O)CCCCCCC/C=C\C/C=C\C/C=C\CC)OC(=O)CCCCCCC/C=C\C/C=C\CCCCC. The summed E-state index contributed by atoms with van der Waals surface area (Å²) in [6.45, 7) is 5.72. The highest BCUT2D eigenvalue weighted by atomic mass is 16.7. The fourth-order valence-corrected chi connectivity index (χ4v) is 8.54. The van der Waals surface area contributed by atoms with E-state index in [1.807, 2.05) is 0 Å². The van der Waals surface area contributed by atoms with Crippen molar-refractivity contribution >= 4 is 23.9 Å². The molecule has 0 spiro atoms. The second-order valence-electron chi connectivity index (χ2n) is 20.2. The molecule has 0 aromatic heterocycles. The Morgan fingerprint density at radius 2 is 0.818 bits per heavy atom. The Balaban J connectivity index is 2.71. The quantitative estimate of drug-likeness (QED) is 0.0228. The number of aliphatic hydroxyl groups is 2. The Bertz CT molecular complexity index is 1710. The van der Waals surface area contributed by atoms with E-state index in [0.29, 0.717) is 19.3 Å². The van der Waals surface area contributed by atoms with Gasteiger partial charge < -0.3 is 39.0 Å². The maximum Gasteiger partial charge on any atom is 0.335 e. The first-order valence-corrected chi connectivity index (χ1v) is 30.2. The molecule has 0 bridgehead atoms. The van der Waals surface area contributed by atoms with E-state index < -0.39 is 67.3 Å². The van der Waals surface area contributed by atoms with Crippen molar-refractivity contribution in [2.24, 2.45) is 0 Å². The fourth-order valence-electron chi connectivity index (χ4n) is 8.54. The molecule has 0 radical (unpaired) electrons. The van der Waals surface area contributed by atoms with E-state index in [4.69, 9.17) is 23.7 Å². The molecule has 77 heavy (non-hydrogen) atoms. The van der Waals surface area contributed by atoms with E-state index in [2.05, 4.69) is 118 Å². The van der Waals surface area contributed by atoms with Crippen LogP contribution in [0.15, 0.2) is 97.2 Å². The predicted molar refractivity (Wildman–Crippen MR) is 312 cm³/mol. The molecule has 1 rings (SSSR count). The summed E-state index contributed by atoms with van der Waals surface area (Å²) in [4.78, 5) is 51.2. The molecule has 12 heteroatoms. The topological polar surface area (TPSA) is 175 Å². The van der Waals surface area contributed by atoms with Crippen LogP contribution in [-0.4, -0.2) is 89.2 Å². The number of carboxylic acids is 1. The number of hydrogen-bond donors (Lipinski definition) is 3. The largest absolute Gasteiger partial charge is 0.479 e. The van der Waals surface area contributed by atoms with E-state index >= 15 is 0 Å². The maximum atomic E-state index is 13.2. The van der Waals surface area contributed by atoms with Crippen LogP contribution in [0, 0.1) is 0 Å². The predicted octanol–water partition coefficient (Wildman–Crippen LogP) is 15.7. The molecule has 6 unspecified atom stereocenters. The molecular formula is C65H106O12. The molecule has 12 nitrogen and oxygen atoms in total. The first-order valence-electron chi connectivity index (χ1n) is 30.2. The van der Waals surface area contributed by atoms with Crippen molar-refractivity contribution in [3.8, 4) is 0 Å². The van der Waals surface area contributed by atoms with E-state index in [1.54, 1.807) is 0 Å². The van der Waals surface area contributed by atoms with Gasteiger partial charge in [-0.2, -0.15) is 0 Å². The molecule has 0 aromatic carbocycles. The van der Waals surface area contributed by atoms with Gasteiger partial charge in [-0.3, -0.25) is 14.4 Å². The average Bonchev–Trinajstić information content (AvgIpc) is 3.42. The summed E-state index contributed by atoms with van der Waals surface area (Å²) in [6, 6.07) is 0. The van der Waals surface area contributed by atoms with Crippen LogP contribution in [0.1, 0.15) is 239 Å². The van der Waals surface area contributed by atoms with Crippen molar-refractivity contribution in [3.63, 3.8) is 0 Å². The average molecular weight is 1080 g/mol. The molecule has 3 N–H and O–H groups in total. The van der Waals surface area contributed by atoms with Crippen LogP contribution in [0.2, 0.25) is 0 Å². The summed E-state index contributed by atoms with van der Waals surface area (Å²) >= 11 is 0. The van der Waals surface area contributed by atoms with Gasteiger partial charge in [-0.15, -0.1) is 0 Å². The van der Waals surface area contributed by atoms with Gasteiger partial charge in [0.1, 0.15) is 18.8 Å². The molecule has 1 aliphatic rings. The summed E-state index contributed by atoms with van der Waals surface area (Å²) in [7, 11) is 0. The molecule has 0 aromatic rings. The van der Waals surface area contributed by atoms with Gasteiger partial charge in [0.25, 0.3) is 0 Å². The number of ether oxygens (including phenoxy) is 5. The molecular weight excluding hydrogens is 973 g/mol. The van der Waals surface area contributed by atoms with E-state index in [1.165, 1.54) is 25.7 Å². The van der Waals surface area contributed by atoms with Gasteiger partial charge in [-0.25, -0.2) is 4.79 Å². The Hall–Kier alpha value is -4.36. The molecule has 0 amide bonds. The lowest BCUT2D eigenvalue weighted by Crippen LogP contribution is -2.61. The zero-order chi connectivity index (χ0) is 56.1. The van der Waals surface area contributed by atoms with Gasteiger partial charge in [-0.1, -0.05) is 201 Å². The number of allylic oxidation sites excluding steroid dienone is 16. The number of rotatable bonds is 50. The van der Waals surface area contributed by atoms with Crippen molar-refractivity contribution in [2.75, 3.05) is 13.2 Å². The highest BCUT2D eigenvalue weighted by Gasteiger charge is 2.50. The minimum absolute atomic E-state index is 0.0344. The normalized spacial score (nSPS) is 18.7. The number of carbonyl (C=O) groups is 4. The summed E-state index contributed by atoms with van der Waals surface area (Å²) in [5, 5.41) is 31.5. The molecule has 1 aliphatic heterocycles. The Morgan fingerprint density at radius 1 is 0.442 bits per heavy atom. The summed E-state index contributed by atoms with van der Waals surface area (Å²) < 4.78 is 28.4. The Labute approximate surface area is 466 Å². The number of carboxylic acid groups (broad SMARTS) is 1. The van der Waals surface area contributed by atoms with Gasteiger partial charge in [0.15, 0.2) is 24.6 Å². The highest BCUT2D eigenvalue weighted by molar-refractivity contribution is 5.74. The minimum Gasteiger partial charge on any atom is -0.479 e. The molecule has 1 saturated heterocycles. The number of aliphatic hydroxyl groups excluding tert-OH is 2. The third-order valence-electron chi connectivity index (χ3n) is 13.1. The summed E-state index contributed by atoms with van der Waals surface area (Å²) in [5.41, 5.74) is 0. The summed E-state index contributed by atoms with van der Waals surface area (Å²) in [5.74, 6) is -3.18. The van der Waals surface area contributed by atoms with Crippen molar-refractivity contribution in [3.05, 3.63) is 97.2 Å². The third-order valence-corrected chi connectivity index (χ3v) is 13.1. The molecule has 1 heterocycles. The lowest BCUT2D eigenvalue weighted by atomic mass is 9.98. The van der Waals surface area contributed by atoms with Crippen molar-refractivity contribution in [1.29, 1.82) is 0 Å². The smallest absolute Gasteiger partial charge is 0.335 e. The van der Waals surface area contributed by atoms with E-state index in [-0.39, 0.29) is 25.9 Å². The standard InChI is InChI=1S/C65H106O12/c1-4-7-10-13-16-19-22-25-28-29-32-33-36-39-42-45-48-51-57(66)73-54-56(75-58(67)52-49-46-43-40-37-34-30-26-23-20-17-14-11-8-5-2)55-74-65-63(61(70)60(69)62(77-65)64(71)72)76-59(68)53-50-47-44-41-38-35-31-27-24-21-18-15-12-9-6-3/h7,9-10,12,16-21,25-28,30-31,56,60-63,65,69-70H,4-6,8,11,13-15,22-24,29,32-55H2,1-3H3,(H,71,72)/b10-7-,12-9-,19-16-,20-17-,21-18-,28-25-,30-26-,31-27-. The minimum atomic E-state index is -1.92. The van der Waals surface area contributed by atoms with E-state index in [0.717, 1.165) is 154 Å². The molecule has 1 fully saturated rings. The van der Waals surface area contributed by atoms with Crippen LogP contribution in [0.5, 0.6) is 0 Å². The second kappa shape index (κ2) is 52.3. The molecule has 0 saturated carbocycles. The monoisotopic (exact) mass is 1080 g/mol. The lowest BCUT2D eigenvalue weighted by Gasteiger charge is -2.40. The van der Waals surface area contributed by atoms with Crippen LogP contribution in [0.4, 0.5) is 0 Å². The van der Waals surface area contributed by atoms with Gasteiger partial charge in [-0.05, 0) is 116 Å². The van der Waals surface area contributed by atoms with Gasteiger partial charge >= 0.3 is 23.9 Å². The van der Waals surface area contributed by atoms with Crippen molar-refractivity contribution in [2.45, 2.75) is 276 Å². The van der Waals surface area contributed by atoms with Crippen LogP contribution >= 0.6 is 0 Å². The van der Waals surface area contributed by atoms with Crippen LogP contribution in [0.25, 0.3) is 0 Å². The number of esters is 3. The van der Waals surface area contributed by atoms with E-state index in [9.17, 15) is 34.5 Å². The molecule has 6 atom stereocenters. The van der Waals surface area contributed by atoms with Crippen LogP contribution in [-0.2, 0) is 42.9 Å². The molecule has 0 aliphatic carbocycles. The maximum absolute atomic E-state index is 13.2. The van der Waals surface area contributed by atoms with Crippen LogP contribution < -0.4 is 0 Å². The second-order valence-corrected chi connectivity index (χ2v) is 20.2. The number of hydrogen-bond acceptors (Lipinski definition) is 11. The lowest BCUT2D eigenvalue weighted by molar-refractivity contribution is -0.301. The first-order chi connectivity index (χ1) is 37.6. The number of carbonyl (C=O) groups excluding carboxylic acids is 3. The highest BCUT2D eigenvalue weighted by Crippen LogP contribution is 2.26. The number of unbranched alkanes of at least 4 members (excludes halogenated alkanes) is 20. The van der Waals surface area contributed by atoms with Gasteiger partial charge in [0.2, 0.25) is 0 Å². The van der Waals surface area contributed by atoms with Crippen molar-refractivity contribution in [1.82, 2.24) is 0 Å². The number of aliphatic carboxylic acids is 1. The Morgan fingerprint density at radius 3 is 1.25 bits per heavy atom. The first kappa shape index (κ1) is 70.7. The zero-order valence-electron chi connectivity index (χ0n) is 48.2. The van der Waals surface area contributed by atoms with Gasteiger partial charge in [0.05, 0.1) is 6.61 Å². The van der Waals surface area contributed by atoms with Crippen LogP contribution in [0.3, 0.4) is 0 Å². The van der Waals surface area contributed by atoms with Crippen molar-refractivity contribution < 1.29 is 58.2 Å². The summed E-state index contributed by atoms with van der Waals surface area (Å²) in [6.07, 6.45) is 56.5. The molecule has 438 valence electrons.